The predicted molar refractivity (Wildman–Crippen MR) is 69.0 cm³/mol. The van der Waals surface area contributed by atoms with Crippen LogP contribution in [0.1, 0.15) is 15.9 Å². The van der Waals surface area contributed by atoms with Crippen molar-refractivity contribution in [3.63, 3.8) is 0 Å². The Morgan fingerprint density at radius 3 is 2.65 bits per heavy atom. The Morgan fingerprint density at radius 2 is 2.05 bits per heavy atom. The number of nitriles is 1. The lowest BCUT2D eigenvalue weighted by molar-refractivity contribution is 0.0697. The number of carboxylic acids is 1. The number of halogens is 1. The number of nitrogens with zero attached hydrogens (tertiary/aromatic N) is 1. The number of benzene rings is 2. The van der Waals surface area contributed by atoms with Crippen LogP contribution < -0.4 is 10.5 Å². The maximum absolute atomic E-state index is 13.4. The van der Waals surface area contributed by atoms with E-state index in [4.69, 9.17) is 20.8 Å². The van der Waals surface area contributed by atoms with Crippen molar-refractivity contribution in [2.45, 2.75) is 0 Å². The topological polar surface area (TPSA) is 96.3 Å². The molecule has 3 N–H and O–H groups in total. The highest BCUT2D eigenvalue weighted by Gasteiger charge is 2.12. The summed E-state index contributed by atoms with van der Waals surface area (Å²) in [5, 5.41) is 17.7. The Bertz CT molecular complexity index is 723. The Labute approximate surface area is 113 Å². The maximum Gasteiger partial charge on any atom is 0.335 e. The van der Waals surface area contributed by atoms with E-state index >= 15 is 0 Å². The van der Waals surface area contributed by atoms with Gasteiger partial charge in [0.1, 0.15) is 28.9 Å². The molecule has 0 radical (unpaired) electrons. The van der Waals surface area contributed by atoms with E-state index in [9.17, 15) is 9.18 Å². The van der Waals surface area contributed by atoms with Crippen LogP contribution in [0.15, 0.2) is 36.4 Å². The summed E-state index contributed by atoms with van der Waals surface area (Å²) in [6.07, 6.45) is 0. The minimum atomic E-state index is -1.12. The second-order valence-electron chi connectivity index (χ2n) is 3.88. The molecule has 100 valence electrons. The van der Waals surface area contributed by atoms with E-state index in [0.29, 0.717) is 0 Å². The van der Waals surface area contributed by atoms with Crippen molar-refractivity contribution in [1.82, 2.24) is 0 Å². The lowest BCUT2D eigenvalue weighted by Gasteiger charge is -2.10. The van der Waals surface area contributed by atoms with Crippen LogP contribution >= 0.6 is 0 Å². The average Bonchev–Trinajstić information content (AvgIpc) is 2.41. The van der Waals surface area contributed by atoms with E-state index < -0.39 is 11.8 Å². The van der Waals surface area contributed by atoms with Crippen molar-refractivity contribution in [1.29, 1.82) is 5.26 Å². The second kappa shape index (κ2) is 5.28. The van der Waals surface area contributed by atoms with Crippen molar-refractivity contribution in [3.8, 4) is 17.6 Å². The first-order chi connectivity index (χ1) is 9.52. The lowest BCUT2D eigenvalue weighted by atomic mass is 10.2. The number of anilines is 1. The van der Waals surface area contributed by atoms with Gasteiger partial charge in [0.2, 0.25) is 0 Å². The third-order valence-electron chi connectivity index (χ3n) is 2.56. The number of nitrogens with two attached hydrogens (primary N) is 1. The van der Waals surface area contributed by atoms with E-state index in [-0.39, 0.29) is 28.3 Å². The minimum Gasteiger partial charge on any atom is -0.478 e. The number of nitrogen functional groups attached to an aromatic ring is 1. The summed E-state index contributed by atoms with van der Waals surface area (Å²) in [4.78, 5) is 10.8. The molecule has 6 heteroatoms. The molecule has 0 aliphatic rings. The third-order valence-corrected chi connectivity index (χ3v) is 2.56. The number of ether oxygens (including phenoxy) is 1. The Balaban J connectivity index is 2.39. The normalized spacial score (nSPS) is 9.80. The molecule has 0 atom stereocenters. The van der Waals surface area contributed by atoms with Crippen molar-refractivity contribution in [3.05, 3.63) is 53.3 Å². The molecular formula is C14H9FN2O3. The molecule has 0 aliphatic heterocycles. The van der Waals surface area contributed by atoms with E-state index in [1.807, 2.05) is 0 Å². The summed E-state index contributed by atoms with van der Waals surface area (Å²) < 4.78 is 18.8. The lowest BCUT2D eigenvalue weighted by Crippen LogP contribution is -2.00. The van der Waals surface area contributed by atoms with E-state index in [2.05, 4.69) is 0 Å². The summed E-state index contributed by atoms with van der Waals surface area (Å²) in [6, 6.07) is 9.54. The molecule has 0 aromatic heterocycles. The zero-order chi connectivity index (χ0) is 14.7. The summed E-state index contributed by atoms with van der Waals surface area (Å²) in [5.41, 5.74) is 5.52. The summed E-state index contributed by atoms with van der Waals surface area (Å²) in [5.74, 6) is -1.66. The Kier molecular flexibility index (Phi) is 3.53. The monoisotopic (exact) mass is 272 g/mol. The summed E-state index contributed by atoms with van der Waals surface area (Å²) >= 11 is 0. The van der Waals surface area contributed by atoms with Crippen LogP contribution in [0.2, 0.25) is 0 Å². The molecule has 0 unspecified atom stereocenters. The van der Waals surface area contributed by atoms with Crippen molar-refractivity contribution < 1.29 is 19.0 Å². The molecule has 5 nitrogen and oxygen atoms in total. The van der Waals surface area contributed by atoms with Gasteiger partial charge < -0.3 is 15.6 Å². The van der Waals surface area contributed by atoms with Crippen molar-refractivity contribution >= 4 is 11.7 Å². The molecule has 0 fully saturated rings. The number of hydrogen-bond acceptors (Lipinski definition) is 4. The van der Waals surface area contributed by atoms with Gasteiger partial charge in [-0.25, -0.2) is 9.18 Å². The second-order valence-corrected chi connectivity index (χ2v) is 3.88. The summed E-state index contributed by atoms with van der Waals surface area (Å²) in [7, 11) is 0. The van der Waals surface area contributed by atoms with Gasteiger partial charge in [0.25, 0.3) is 0 Å². The number of aromatic carboxylic acids is 1. The van der Waals surface area contributed by atoms with Crippen LogP contribution in [0, 0.1) is 17.1 Å². The molecule has 2 aromatic carbocycles. The average molecular weight is 272 g/mol. The first kappa shape index (κ1) is 13.4. The molecule has 0 spiro atoms. The van der Waals surface area contributed by atoms with Gasteiger partial charge in [-0.05, 0) is 30.3 Å². The van der Waals surface area contributed by atoms with E-state index in [0.717, 1.165) is 6.07 Å². The van der Waals surface area contributed by atoms with Crippen LogP contribution in [0.4, 0.5) is 10.1 Å². The molecule has 2 rings (SSSR count). The molecule has 0 bridgehead atoms. The van der Waals surface area contributed by atoms with Gasteiger partial charge in [0, 0.05) is 0 Å². The third kappa shape index (κ3) is 2.52. The molecule has 0 saturated carbocycles. The van der Waals surface area contributed by atoms with Gasteiger partial charge in [0.15, 0.2) is 0 Å². The first-order valence-electron chi connectivity index (χ1n) is 5.52. The summed E-state index contributed by atoms with van der Waals surface area (Å²) in [6.45, 7) is 0. The number of carbonyl (C=O) groups is 1. The smallest absolute Gasteiger partial charge is 0.335 e. The molecular weight excluding hydrogens is 263 g/mol. The Hall–Kier alpha value is -3.07. The molecule has 20 heavy (non-hydrogen) atoms. The van der Waals surface area contributed by atoms with Crippen molar-refractivity contribution in [2.75, 3.05) is 5.73 Å². The van der Waals surface area contributed by atoms with Gasteiger partial charge in [0.05, 0.1) is 11.3 Å². The number of carboxylic acid groups (broad SMARTS) is 1. The highest BCUT2D eigenvalue weighted by molar-refractivity contribution is 5.89. The highest BCUT2D eigenvalue weighted by atomic mass is 19.1. The molecule has 0 saturated heterocycles. The highest BCUT2D eigenvalue weighted by Crippen LogP contribution is 2.31. The molecule has 0 amide bonds. The predicted octanol–water partition coefficient (Wildman–Crippen LogP) is 2.77. The SMILES string of the molecule is N#Cc1c(F)cccc1Oc1ccc(C(=O)O)cc1N. The van der Waals surface area contributed by atoms with Crippen LogP contribution in [-0.2, 0) is 0 Å². The number of rotatable bonds is 3. The Morgan fingerprint density at radius 1 is 1.30 bits per heavy atom. The van der Waals surface area contributed by atoms with Crippen molar-refractivity contribution in [2.24, 2.45) is 0 Å². The van der Waals surface area contributed by atoms with E-state index in [1.54, 1.807) is 6.07 Å². The fourth-order valence-electron chi connectivity index (χ4n) is 1.59. The minimum absolute atomic E-state index is 0.00889. The van der Waals surface area contributed by atoms with E-state index in [1.165, 1.54) is 30.3 Å². The van der Waals surface area contributed by atoms with Crippen LogP contribution in [-0.4, -0.2) is 11.1 Å². The zero-order valence-electron chi connectivity index (χ0n) is 10.1. The molecule has 2 aromatic rings. The molecule has 0 aliphatic carbocycles. The maximum atomic E-state index is 13.4. The van der Waals surface area contributed by atoms with Crippen LogP contribution in [0.5, 0.6) is 11.5 Å². The molecule has 0 heterocycles. The first-order valence-corrected chi connectivity index (χ1v) is 5.52. The van der Waals surface area contributed by atoms with Crippen LogP contribution in [0.25, 0.3) is 0 Å². The van der Waals surface area contributed by atoms with Gasteiger partial charge in [-0.2, -0.15) is 5.26 Å². The standard InChI is InChI=1S/C14H9FN2O3/c15-10-2-1-3-12(9(10)7-16)20-13-5-4-8(14(18)19)6-11(13)17/h1-6H,17H2,(H,18,19). The largest absolute Gasteiger partial charge is 0.478 e. The fourth-order valence-corrected chi connectivity index (χ4v) is 1.59. The van der Waals surface area contributed by atoms with Gasteiger partial charge in [-0.3, -0.25) is 0 Å². The van der Waals surface area contributed by atoms with Crippen LogP contribution in [0.3, 0.4) is 0 Å². The zero-order valence-corrected chi connectivity index (χ0v) is 10.1. The van der Waals surface area contributed by atoms with Gasteiger partial charge in [-0.15, -0.1) is 0 Å². The number of hydrogen-bond donors (Lipinski definition) is 2. The fraction of sp³-hybridized carbons (Fsp3) is 0. The quantitative estimate of drug-likeness (QED) is 0.837. The van der Waals surface area contributed by atoms with Gasteiger partial charge >= 0.3 is 5.97 Å². The van der Waals surface area contributed by atoms with Gasteiger partial charge in [-0.1, -0.05) is 6.07 Å².